The molecule has 6 nitrogen and oxygen atoms in total. The second kappa shape index (κ2) is 11.0. The number of rotatable bonds is 9. The number of piperidine rings is 2. The third-order valence-electron chi connectivity index (χ3n) is 7.44. The molecule has 0 aromatic carbocycles. The van der Waals surface area contributed by atoms with E-state index in [2.05, 4.69) is 69.2 Å². The minimum Gasteiger partial charge on any atom is -0.303 e. The molecule has 2 atom stereocenters. The highest BCUT2D eigenvalue weighted by atomic mass is 15.5. The second-order valence-electron chi connectivity index (χ2n) is 10.6. The summed E-state index contributed by atoms with van der Waals surface area (Å²) in [6.07, 6.45) is 9.73. The summed E-state index contributed by atoms with van der Waals surface area (Å²) in [7, 11) is 0. The predicted octanol–water partition coefficient (Wildman–Crippen LogP) is 4.34. The van der Waals surface area contributed by atoms with Crippen molar-refractivity contribution in [2.45, 2.75) is 79.1 Å². The van der Waals surface area contributed by atoms with Gasteiger partial charge in [0.15, 0.2) is 11.6 Å². The van der Waals surface area contributed by atoms with Gasteiger partial charge in [-0.25, -0.2) is 4.68 Å². The zero-order chi connectivity index (χ0) is 22.5. The molecule has 0 bridgehead atoms. The van der Waals surface area contributed by atoms with E-state index in [1.54, 1.807) is 0 Å². The monoisotopic (exact) mass is 440 g/mol. The Morgan fingerprint density at radius 2 is 1.22 bits per heavy atom. The molecule has 2 aliphatic rings. The fourth-order valence-electron chi connectivity index (χ4n) is 5.77. The van der Waals surface area contributed by atoms with Crippen LogP contribution in [0.5, 0.6) is 0 Å². The van der Waals surface area contributed by atoms with E-state index in [0.29, 0.717) is 0 Å². The quantitative estimate of drug-likeness (QED) is 0.582. The van der Waals surface area contributed by atoms with Gasteiger partial charge in [-0.15, -0.1) is 10.2 Å². The van der Waals surface area contributed by atoms with Gasteiger partial charge in [0.1, 0.15) is 0 Å². The normalized spacial score (nSPS) is 23.1. The summed E-state index contributed by atoms with van der Waals surface area (Å²) in [4.78, 5) is 5.28. The SMILES string of the molecule is Cc1ccc(C)n1-n1c(CCCN2CCC[C@@H](C)C2)nnc1CCCN1CCC[C@H](C)C1. The van der Waals surface area contributed by atoms with Crippen molar-refractivity contribution >= 4 is 0 Å². The van der Waals surface area contributed by atoms with Crippen molar-refractivity contribution in [2.75, 3.05) is 39.3 Å². The average Bonchev–Trinajstić information content (AvgIpc) is 3.30. The van der Waals surface area contributed by atoms with E-state index in [-0.39, 0.29) is 0 Å². The summed E-state index contributed by atoms with van der Waals surface area (Å²) < 4.78 is 4.64. The summed E-state index contributed by atoms with van der Waals surface area (Å²) >= 11 is 0. The van der Waals surface area contributed by atoms with Crippen LogP contribution >= 0.6 is 0 Å². The molecule has 0 N–H and O–H groups in total. The Morgan fingerprint density at radius 1 is 0.750 bits per heavy atom. The molecule has 4 heterocycles. The number of hydrogen-bond acceptors (Lipinski definition) is 4. The summed E-state index contributed by atoms with van der Waals surface area (Å²) in [5, 5.41) is 9.38. The molecule has 0 saturated carbocycles. The van der Waals surface area contributed by atoms with Crippen molar-refractivity contribution in [2.24, 2.45) is 11.8 Å². The van der Waals surface area contributed by atoms with E-state index in [9.17, 15) is 0 Å². The Bertz CT molecular complexity index is 788. The third-order valence-corrected chi connectivity index (χ3v) is 7.44. The molecule has 2 saturated heterocycles. The van der Waals surface area contributed by atoms with Crippen molar-refractivity contribution in [3.05, 3.63) is 35.2 Å². The summed E-state index contributed by atoms with van der Waals surface area (Å²) in [5.41, 5.74) is 2.50. The van der Waals surface area contributed by atoms with Gasteiger partial charge in [0.05, 0.1) is 0 Å². The molecule has 2 fully saturated rings. The highest BCUT2D eigenvalue weighted by Gasteiger charge is 2.20. The van der Waals surface area contributed by atoms with Gasteiger partial charge in [0.25, 0.3) is 0 Å². The Labute approximate surface area is 195 Å². The number of hydrogen-bond donors (Lipinski definition) is 0. The molecular weight excluding hydrogens is 396 g/mol. The molecule has 0 aliphatic carbocycles. The minimum atomic E-state index is 0.840. The first kappa shape index (κ1) is 23.5. The maximum Gasteiger partial charge on any atom is 0.153 e. The first-order valence-corrected chi connectivity index (χ1v) is 13.0. The van der Waals surface area contributed by atoms with Crippen molar-refractivity contribution in [1.82, 2.24) is 29.3 Å². The van der Waals surface area contributed by atoms with Crippen LogP contribution in [0.2, 0.25) is 0 Å². The van der Waals surface area contributed by atoms with Crippen LogP contribution < -0.4 is 0 Å². The zero-order valence-electron chi connectivity index (χ0n) is 20.9. The van der Waals surface area contributed by atoms with Gasteiger partial charge in [-0.3, -0.25) is 4.68 Å². The molecular formula is C26H44N6. The number of aromatic nitrogens is 4. The van der Waals surface area contributed by atoms with Gasteiger partial charge in [-0.05, 0) is 103 Å². The van der Waals surface area contributed by atoms with Gasteiger partial charge < -0.3 is 9.80 Å². The van der Waals surface area contributed by atoms with Crippen LogP contribution in [-0.4, -0.2) is 68.6 Å². The Kier molecular flexibility index (Phi) is 8.06. The molecule has 2 aromatic heterocycles. The van der Waals surface area contributed by atoms with Gasteiger partial charge in [0, 0.05) is 37.3 Å². The molecule has 0 amide bonds. The maximum absolute atomic E-state index is 4.69. The van der Waals surface area contributed by atoms with Crippen LogP contribution in [0.4, 0.5) is 0 Å². The molecule has 4 rings (SSSR count). The van der Waals surface area contributed by atoms with E-state index in [4.69, 9.17) is 0 Å². The molecule has 0 radical (unpaired) electrons. The van der Waals surface area contributed by atoms with Crippen molar-refractivity contribution < 1.29 is 0 Å². The number of nitrogens with zero attached hydrogens (tertiary/aromatic N) is 6. The van der Waals surface area contributed by atoms with Crippen molar-refractivity contribution in [1.29, 1.82) is 0 Å². The zero-order valence-corrected chi connectivity index (χ0v) is 20.9. The highest BCUT2D eigenvalue weighted by molar-refractivity contribution is 5.16. The van der Waals surface area contributed by atoms with Gasteiger partial charge in [-0.2, -0.15) is 0 Å². The summed E-state index contributed by atoms with van der Waals surface area (Å²) in [6.45, 7) is 16.5. The predicted molar refractivity (Wildman–Crippen MR) is 131 cm³/mol. The lowest BCUT2D eigenvalue weighted by atomic mass is 10.00. The van der Waals surface area contributed by atoms with E-state index in [1.807, 2.05) is 0 Å². The van der Waals surface area contributed by atoms with Crippen molar-refractivity contribution in [3.8, 4) is 0 Å². The number of likely N-dealkylation sites (tertiary alicyclic amines) is 2. The average molecular weight is 441 g/mol. The van der Waals surface area contributed by atoms with Crippen LogP contribution in [0.1, 0.15) is 75.4 Å². The fourth-order valence-corrected chi connectivity index (χ4v) is 5.77. The Balaban J connectivity index is 1.41. The molecule has 2 aliphatic heterocycles. The Hall–Kier alpha value is -1.66. The lowest BCUT2D eigenvalue weighted by Gasteiger charge is -2.30. The smallest absolute Gasteiger partial charge is 0.153 e. The lowest BCUT2D eigenvalue weighted by Crippen LogP contribution is -2.35. The first-order chi connectivity index (χ1) is 15.5. The van der Waals surface area contributed by atoms with E-state index >= 15 is 0 Å². The lowest BCUT2D eigenvalue weighted by molar-refractivity contribution is 0.181. The molecule has 0 spiro atoms. The van der Waals surface area contributed by atoms with Gasteiger partial charge in [-0.1, -0.05) is 13.8 Å². The summed E-state index contributed by atoms with van der Waals surface area (Å²) in [5.74, 6) is 3.90. The van der Waals surface area contributed by atoms with Gasteiger partial charge in [0.2, 0.25) is 0 Å². The maximum atomic E-state index is 4.69. The van der Waals surface area contributed by atoms with Crippen molar-refractivity contribution in [3.63, 3.8) is 0 Å². The summed E-state index contributed by atoms with van der Waals surface area (Å²) in [6, 6.07) is 4.40. The first-order valence-electron chi connectivity index (χ1n) is 13.0. The van der Waals surface area contributed by atoms with Crippen LogP contribution in [-0.2, 0) is 12.8 Å². The standard InChI is InChI=1S/C26H44N6/c1-21-9-5-15-29(19-21)17-7-11-25-27-28-26(32(25)31-23(3)13-14-24(31)4)12-8-18-30-16-6-10-22(2)20-30/h13-14,21-22H,5-12,15-20H2,1-4H3/t21-,22+. The molecule has 178 valence electrons. The van der Waals surface area contributed by atoms with Crippen LogP contribution in [0.3, 0.4) is 0 Å². The molecule has 6 heteroatoms. The van der Waals surface area contributed by atoms with Crippen LogP contribution in [0, 0.1) is 25.7 Å². The van der Waals surface area contributed by atoms with E-state index in [1.165, 1.54) is 76.3 Å². The largest absolute Gasteiger partial charge is 0.303 e. The molecule has 0 unspecified atom stereocenters. The van der Waals surface area contributed by atoms with E-state index in [0.717, 1.165) is 49.2 Å². The van der Waals surface area contributed by atoms with Crippen LogP contribution in [0.25, 0.3) is 0 Å². The highest BCUT2D eigenvalue weighted by Crippen LogP contribution is 2.19. The van der Waals surface area contributed by atoms with E-state index < -0.39 is 0 Å². The Morgan fingerprint density at radius 3 is 1.66 bits per heavy atom. The minimum absolute atomic E-state index is 0.840. The van der Waals surface area contributed by atoms with Gasteiger partial charge >= 0.3 is 0 Å². The number of aryl methyl sites for hydroxylation is 4. The molecule has 2 aromatic rings. The second-order valence-corrected chi connectivity index (χ2v) is 10.6. The third kappa shape index (κ3) is 5.82. The fraction of sp³-hybridized carbons (Fsp3) is 0.769. The molecule has 32 heavy (non-hydrogen) atoms. The topological polar surface area (TPSA) is 42.1 Å². The van der Waals surface area contributed by atoms with Crippen LogP contribution in [0.15, 0.2) is 12.1 Å².